The molecule has 1 fully saturated rings. The molecule has 0 aromatic heterocycles. The van der Waals surface area contributed by atoms with Crippen LogP contribution in [0.3, 0.4) is 0 Å². The number of carbonyl (C=O) groups is 2. The van der Waals surface area contributed by atoms with E-state index in [2.05, 4.69) is 22.3 Å². The number of nitrogens with one attached hydrogen (secondary N) is 1. The van der Waals surface area contributed by atoms with Crippen molar-refractivity contribution in [3.8, 4) is 0 Å². The Hall–Kier alpha value is -2.02. The quantitative estimate of drug-likeness (QED) is 0.529. The number of nitrogens with two attached hydrogens (primary N) is 1. The second-order valence-corrected chi connectivity index (χ2v) is 9.43. The average Bonchev–Trinajstić information content (AvgIpc) is 2.79. The third-order valence-corrected chi connectivity index (χ3v) is 7.10. The highest BCUT2D eigenvalue weighted by molar-refractivity contribution is 8.00. The van der Waals surface area contributed by atoms with Crippen LogP contribution < -0.4 is 11.1 Å². The molecule has 2 amide bonds. The maximum atomic E-state index is 12.4. The Morgan fingerprint density at radius 2 is 1.84 bits per heavy atom. The van der Waals surface area contributed by atoms with Gasteiger partial charge in [0.15, 0.2) is 0 Å². The number of hydrogen-bond acceptors (Lipinski definition) is 4. The number of halogens is 1. The zero-order chi connectivity index (χ0) is 22.1. The summed E-state index contributed by atoms with van der Waals surface area (Å²) in [4.78, 5) is 26.1. The number of amides is 2. The Morgan fingerprint density at radius 1 is 1.13 bits per heavy atom. The van der Waals surface area contributed by atoms with E-state index in [4.69, 9.17) is 17.3 Å². The summed E-state index contributed by atoms with van der Waals surface area (Å²) in [5.74, 6) is 0.176. The standard InChI is InChI=1S/C24H30ClN3O2S/c25-21-11-9-19(10-12-21)23(18-6-2-1-3-7-18)31-17-22(29)27-13-5-15-28-14-4-8-20(16-28)24(26)30/h1-3,6-7,9-12,20,23H,4-5,8,13-17H2,(H2,26,30)(H,27,29). The first-order valence-electron chi connectivity index (χ1n) is 10.7. The van der Waals surface area contributed by atoms with Crippen LogP contribution in [-0.2, 0) is 9.59 Å². The van der Waals surface area contributed by atoms with E-state index in [1.54, 1.807) is 11.8 Å². The minimum atomic E-state index is -0.205. The van der Waals surface area contributed by atoms with Crippen LogP contribution in [0.1, 0.15) is 35.6 Å². The van der Waals surface area contributed by atoms with E-state index < -0.39 is 0 Å². The Bertz CT molecular complexity index is 848. The first-order valence-corrected chi connectivity index (χ1v) is 12.2. The van der Waals surface area contributed by atoms with Crippen LogP contribution in [0, 0.1) is 5.92 Å². The Balaban J connectivity index is 1.44. The van der Waals surface area contributed by atoms with Crippen molar-refractivity contribution in [2.45, 2.75) is 24.5 Å². The molecule has 0 saturated carbocycles. The highest BCUT2D eigenvalue weighted by Gasteiger charge is 2.23. The molecule has 3 N–H and O–H groups in total. The Labute approximate surface area is 193 Å². The first kappa shape index (κ1) is 23.6. The van der Waals surface area contributed by atoms with Gasteiger partial charge in [0.05, 0.1) is 16.9 Å². The van der Waals surface area contributed by atoms with Gasteiger partial charge in [0.25, 0.3) is 0 Å². The lowest BCUT2D eigenvalue weighted by molar-refractivity contribution is -0.123. The van der Waals surface area contributed by atoms with Crippen molar-refractivity contribution in [1.29, 1.82) is 0 Å². The van der Waals surface area contributed by atoms with Crippen LogP contribution in [0.2, 0.25) is 5.02 Å². The van der Waals surface area contributed by atoms with Gasteiger partial charge in [-0.05, 0) is 55.6 Å². The lowest BCUT2D eigenvalue weighted by Crippen LogP contribution is -2.42. The van der Waals surface area contributed by atoms with E-state index in [0.717, 1.165) is 50.0 Å². The van der Waals surface area contributed by atoms with Gasteiger partial charge in [0.2, 0.25) is 11.8 Å². The highest BCUT2D eigenvalue weighted by atomic mass is 35.5. The van der Waals surface area contributed by atoms with Gasteiger partial charge in [-0.25, -0.2) is 0 Å². The Kier molecular flexibility index (Phi) is 9.25. The number of rotatable bonds is 10. The molecular weight excluding hydrogens is 430 g/mol. The third-order valence-electron chi connectivity index (χ3n) is 5.54. The molecule has 1 heterocycles. The first-order chi connectivity index (χ1) is 15.0. The summed E-state index contributed by atoms with van der Waals surface area (Å²) in [6, 6.07) is 18.0. The van der Waals surface area contributed by atoms with Crippen molar-refractivity contribution in [2.24, 2.45) is 11.7 Å². The molecule has 0 spiro atoms. The molecule has 2 unspecified atom stereocenters. The molecule has 31 heavy (non-hydrogen) atoms. The normalized spacial score (nSPS) is 17.8. The number of primary amides is 1. The van der Waals surface area contributed by atoms with Gasteiger partial charge in [-0.2, -0.15) is 0 Å². The SMILES string of the molecule is NC(=O)C1CCCN(CCCNC(=O)CSC(c2ccccc2)c2ccc(Cl)cc2)C1. The van der Waals surface area contributed by atoms with Crippen LogP contribution in [0.15, 0.2) is 54.6 Å². The second-order valence-electron chi connectivity index (χ2n) is 7.90. The topological polar surface area (TPSA) is 75.4 Å². The van der Waals surface area contributed by atoms with E-state index >= 15 is 0 Å². The minimum Gasteiger partial charge on any atom is -0.369 e. The molecule has 1 aliphatic heterocycles. The molecule has 1 saturated heterocycles. The van der Waals surface area contributed by atoms with Crippen LogP contribution in [0.25, 0.3) is 0 Å². The highest BCUT2D eigenvalue weighted by Crippen LogP contribution is 2.35. The summed E-state index contributed by atoms with van der Waals surface area (Å²) in [7, 11) is 0. The number of carbonyl (C=O) groups excluding carboxylic acids is 2. The maximum Gasteiger partial charge on any atom is 0.230 e. The predicted molar refractivity (Wildman–Crippen MR) is 128 cm³/mol. The van der Waals surface area contributed by atoms with Gasteiger partial charge in [0, 0.05) is 18.1 Å². The molecule has 3 rings (SSSR count). The van der Waals surface area contributed by atoms with Gasteiger partial charge >= 0.3 is 0 Å². The van der Waals surface area contributed by atoms with E-state index in [1.165, 1.54) is 0 Å². The Morgan fingerprint density at radius 3 is 2.55 bits per heavy atom. The van der Waals surface area contributed by atoms with Crippen LogP contribution in [-0.4, -0.2) is 48.6 Å². The van der Waals surface area contributed by atoms with Crippen molar-refractivity contribution in [1.82, 2.24) is 10.2 Å². The fourth-order valence-electron chi connectivity index (χ4n) is 3.88. The molecular formula is C24H30ClN3O2S. The van der Waals surface area contributed by atoms with E-state index in [1.807, 2.05) is 42.5 Å². The summed E-state index contributed by atoms with van der Waals surface area (Å²) in [6.07, 6.45) is 2.75. The fraction of sp³-hybridized carbons (Fsp3) is 0.417. The van der Waals surface area contributed by atoms with Crippen molar-refractivity contribution < 1.29 is 9.59 Å². The summed E-state index contributed by atoms with van der Waals surface area (Å²) >= 11 is 7.66. The largest absolute Gasteiger partial charge is 0.369 e. The van der Waals surface area contributed by atoms with Crippen LogP contribution in [0.5, 0.6) is 0 Å². The van der Waals surface area contributed by atoms with E-state index in [9.17, 15) is 9.59 Å². The van der Waals surface area contributed by atoms with Gasteiger partial charge in [-0.3, -0.25) is 9.59 Å². The van der Waals surface area contributed by atoms with Crippen molar-refractivity contribution in [3.63, 3.8) is 0 Å². The third kappa shape index (κ3) is 7.56. The molecule has 0 aliphatic carbocycles. The minimum absolute atomic E-state index is 0.0357. The second kappa shape index (κ2) is 12.1. The van der Waals surface area contributed by atoms with E-state index in [-0.39, 0.29) is 23.0 Å². The summed E-state index contributed by atoms with van der Waals surface area (Å²) < 4.78 is 0. The number of likely N-dealkylation sites (tertiary alicyclic amines) is 1. The van der Waals surface area contributed by atoms with Crippen LogP contribution in [0.4, 0.5) is 0 Å². The number of thioether (sulfide) groups is 1. The number of benzene rings is 2. The molecule has 0 bridgehead atoms. The summed E-state index contributed by atoms with van der Waals surface area (Å²) in [5, 5.41) is 3.80. The summed E-state index contributed by atoms with van der Waals surface area (Å²) in [6.45, 7) is 3.23. The number of piperidine rings is 1. The van der Waals surface area contributed by atoms with E-state index in [0.29, 0.717) is 17.3 Å². The maximum absolute atomic E-state index is 12.4. The van der Waals surface area contributed by atoms with Gasteiger partial charge in [0.1, 0.15) is 0 Å². The van der Waals surface area contributed by atoms with Crippen molar-refractivity contribution in [3.05, 3.63) is 70.7 Å². The zero-order valence-corrected chi connectivity index (χ0v) is 19.2. The number of nitrogens with zero attached hydrogens (tertiary/aromatic N) is 1. The molecule has 1 aliphatic rings. The van der Waals surface area contributed by atoms with Gasteiger partial charge < -0.3 is 16.0 Å². The van der Waals surface area contributed by atoms with Crippen molar-refractivity contribution >= 4 is 35.2 Å². The molecule has 166 valence electrons. The van der Waals surface area contributed by atoms with Gasteiger partial charge in [-0.15, -0.1) is 11.8 Å². The van der Waals surface area contributed by atoms with Crippen LogP contribution >= 0.6 is 23.4 Å². The molecule has 2 aromatic rings. The molecule has 5 nitrogen and oxygen atoms in total. The molecule has 2 atom stereocenters. The molecule has 2 aromatic carbocycles. The fourth-order valence-corrected chi connectivity index (χ4v) is 5.13. The zero-order valence-electron chi connectivity index (χ0n) is 17.6. The lowest BCUT2D eigenvalue weighted by Gasteiger charge is -2.31. The lowest BCUT2D eigenvalue weighted by atomic mass is 9.97. The molecule has 0 radical (unpaired) electrons. The molecule has 7 heteroatoms. The summed E-state index contributed by atoms with van der Waals surface area (Å²) in [5.41, 5.74) is 7.73. The van der Waals surface area contributed by atoms with Gasteiger partial charge in [-0.1, -0.05) is 54.1 Å². The van der Waals surface area contributed by atoms with Crippen molar-refractivity contribution in [2.75, 3.05) is 31.9 Å². The number of hydrogen-bond donors (Lipinski definition) is 2. The predicted octanol–water partition coefficient (Wildman–Crippen LogP) is 3.87. The smallest absolute Gasteiger partial charge is 0.230 e. The monoisotopic (exact) mass is 459 g/mol. The average molecular weight is 460 g/mol.